The summed E-state index contributed by atoms with van der Waals surface area (Å²) in [7, 11) is -2.03. The van der Waals surface area contributed by atoms with Gasteiger partial charge in [0.25, 0.3) is 0 Å². The fraction of sp³-hybridized carbons (Fsp3) is 0.250. The standard InChI is InChI=1S/C20H22N2O5S/c1-27-19-8-3-2-7-18(19)21-11-13-22(14-12-21)28(25,26)17-6-4-5-16(15-17)9-10-20(23)24/h2-10,15H,11-14H2,1H3,(H,23,24). The van der Waals surface area contributed by atoms with Crippen LogP contribution >= 0.6 is 0 Å². The average molecular weight is 402 g/mol. The van der Waals surface area contributed by atoms with Gasteiger partial charge in [0.1, 0.15) is 5.75 Å². The molecule has 1 N–H and O–H groups in total. The van der Waals surface area contributed by atoms with Crippen LogP contribution in [0.3, 0.4) is 0 Å². The van der Waals surface area contributed by atoms with Crippen molar-refractivity contribution >= 4 is 27.8 Å². The van der Waals surface area contributed by atoms with Crippen molar-refractivity contribution in [3.63, 3.8) is 0 Å². The lowest BCUT2D eigenvalue weighted by molar-refractivity contribution is -0.131. The molecule has 1 heterocycles. The van der Waals surface area contributed by atoms with Crippen LogP contribution < -0.4 is 9.64 Å². The molecule has 0 spiro atoms. The fourth-order valence-corrected chi connectivity index (χ4v) is 4.63. The van der Waals surface area contributed by atoms with Crippen LogP contribution in [0, 0.1) is 0 Å². The summed E-state index contributed by atoms with van der Waals surface area (Å²) in [6.07, 6.45) is 2.36. The highest BCUT2D eigenvalue weighted by molar-refractivity contribution is 7.89. The van der Waals surface area contributed by atoms with E-state index in [9.17, 15) is 13.2 Å². The van der Waals surface area contributed by atoms with Crippen molar-refractivity contribution in [3.8, 4) is 5.75 Å². The predicted octanol–water partition coefficient (Wildman–Crippen LogP) is 2.30. The minimum atomic E-state index is -3.65. The van der Waals surface area contributed by atoms with Gasteiger partial charge in [0, 0.05) is 32.3 Å². The molecule has 2 aromatic carbocycles. The highest BCUT2D eigenvalue weighted by Gasteiger charge is 2.29. The van der Waals surface area contributed by atoms with Gasteiger partial charge in [-0.2, -0.15) is 4.31 Å². The predicted molar refractivity (Wildman–Crippen MR) is 107 cm³/mol. The molecule has 0 atom stereocenters. The molecule has 0 amide bonds. The minimum Gasteiger partial charge on any atom is -0.495 e. The van der Waals surface area contributed by atoms with E-state index < -0.39 is 16.0 Å². The number of para-hydroxylation sites is 2. The van der Waals surface area contributed by atoms with Crippen LogP contribution in [0.2, 0.25) is 0 Å². The Morgan fingerprint density at radius 2 is 1.79 bits per heavy atom. The monoisotopic (exact) mass is 402 g/mol. The molecule has 0 unspecified atom stereocenters. The van der Waals surface area contributed by atoms with Crippen molar-refractivity contribution in [1.82, 2.24) is 4.31 Å². The van der Waals surface area contributed by atoms with Crippen molar-refractivity contribution in [2.24, 2.45) is 0 Å². The van der Waals surface area contributed by atoms with Gasteiger partial charge in [-0.05, 0) is 35.9 Å². The van der Waals surface area contributed by atoms with E-state index in [1.807, 2.05) is 24.3 Å². The molecule has 0 aliphatic carbocycles. The lowest BCUT2D eigenvalue weighted by Crippen LogP contribution is -2.48. The summed E-state index contributed by atoms with van der Waals surface area (Å²) < 4.78 is 32.8. The Morgan fingerprint density at radius 3 is 2.46 bits per heavy atom. The van der Waals surface area contributed by atoms with Crippen LogP contribution in [0.1, 0.15) is 5.56 Å². The summed E-state index contributed by atoms with van der Waals surface area (Å²) in [5.74, 6) is -0.322. The Bertz CT molecular complexity index is 980. The molecule has 2 aromatic rings. The van der Waals surface area contributed by atoms with Crippen molar-refractivity contribution in [3.05, 3.63) is 60.2 Å². The van der Waals surface area contributed by atoms with Crippen molar-refractivity contribution in [2.45, 2.75) is 4.90 Å². The minimum absolute atomic E-state index is 0.158. The van der Waals surface area contributed by atoms with E-state index >= 15 is 0 Å². The number of sulfonamides is 1. The smallest absolute Gasteiger partial charge is 0.328 e. The molecule has 1 aliphatic heterocycles. The third-order valence-electron chi connectivity index (χ3n) is 4.58. The van der Waals surface area contributed by atoms with Crippen molar-refractivity contribution in [2.75, 3.05) is 38.2 Å². The molecule has 0 aromatic heterocycles. The van der Waals surface area contributed by atoms with Crippen molar-refractivity contribution in [1.29, 1.82) is 0 Å². The molecule has 1 fully saturated rings. The quantitative estimate of drug-likeness (QED) is 0.746. The largest absolute Gasteiger partial charge is 0.495 e. The van der Waals surface area contributed by atoms with Crippen LogP contribution in [-0.2, 0) is 14.8 Å². The maximum absolute atomic E-state index is 13.0. The van der Waals surface area contributed by atoms with E-state index in [0.29, 0.717) is 31.7 Å². The highest BCUT2D eigenvalue weighted by Crippen LogP contribution is 2.29. The number of anilines is 1. The number of benzene rings is 2. The van der Waals surface area contributed by atoms with Gasteiger partial charge in [-0.15, -0.1) is 0 Å². The zero-order valence-corrected chi connectivity index (χ0v) is 16.3. The van der Waals surface area contributed by atoms with Gasteiger partial charge in [0.15, 0.2) is 0 Å². The van der Waals surface area contributed by atoms with E-state index in [1.165, 1.54) is 22.5 Å². The maximum Gasteiger partial charge on any atom is 0.328 e. The summed E-state index contributed by atoms with van der Waals surface area (Å²) in [5.41, 5.74) is 1.47. The van der Waals surface area contributed by atoms with E-state index in [2.05, 4.69) is 4.90 Å². The number of piperazine rings is 1. The number of nitrogens with zero attached hydrogens (tertiary/aromatic N) is 2. The lowest BCUT2D eigenvalue weighted by atomic mass is 10.2. The first-order valence-corrected chi connectivity index (χ1v) is 10.2. The zero-order valence-electron chi connectivity index (χ0n) is 15.5. The first kappa shape index (κ1) is 19.9. The summed E-state index contributed by atoms with van der Waals surface area (Å²) in [5, 5.41) is 8.74. The number of carbonyl (C=O) groups is 1. The van der Waals surface area contributed by atoms with Crippen LogP contribution in [0.25, 0.3) is 6.08 Å². The van der Waals surface area contributed by atoms with Gasteiger partial charge in [-0.1, -0.05) is 24.3 Å². The van der Waals surface area contributed by atoms with Gasteiger partial charge >= 0.3 is 5.97 Å². The molecule has 8 heteroatoms. The first-order chi connectivity index (χ1) is 13.4. The molecular formula is C20H22N2O5S. The molecule has 0 saturated carbocycles. The van der Waals surface area contributed by atoms with Crippen LogP contribution in [0.15, 0.2) is 59.5 Å². The first-order valence-electron chi connectivity index (χ1n) is 8.81. The van der Waals surface area contributed by atoms with Gasteiger partial charge in [0.2, 0.25) is 10.0 Å². The average Bonchev–Trinajstić information content (AvgIpc) is 2.72. The Hall–Kier alpha value is -2.84. The molecule has 148 valence electrons. The molecule has 1 saturated heterocycles. The summed E-state index contributed by atoms with van der Waals surface area (Å²) in [6, 6.07) is 14.0. The molecule has 1 aliphatic rings. The molecule has 3 rings (SSSR count). The number of aliphatic carboxylic acids is 1. The molecule has 28 heavy (non-hydrogen) atoms. The third kappa shape index (κ3) is 4.35. The van der Waals surface area contributed by atoms with Crippen LogP contribution in [0.5, 0.6) is 5.75 Å². The van der Waals surface area contributed by atoms with E-state index in [1.54, 1.807) is 19.2 Å². The van der Waals surface area contributed by atoms with E-state index in [-0.39, 0.29) is 4.90 Å². The highest BCUT2D eigenvalue weighted by atomic mass is 32.2. The lowest BCUT2D eigenvalue weighted by Gasteiger charge is -2.36. The Balaban J connectivity index is 1.75. The Labute approximate surface area is 164 Å². The number of hydrogen-bond acceptors (Lipinski definition) is 5. The Morgan fingerprint density at radius 1 is 1.07 bits per heavy atom. The number of hydrogen-bond donors (Lipinski definition) is 1. The van der Waals surface area contributed by atoms with Crippen LogP contribution in [0.4, 0.5) is 5.69 Å². The maximum atomic E-state index is 13.0. The molecule has 0 radical (unpaired) electrons. The molecular weight excluding hydrogens is 380 g/mol. The van der Waals surface area contributed by atoms with Gasteiger partial charge in [-0.3, -0.25) is 0 Å². The zero-order chi connectivity index (χ0) is 20.1. The molecule has 7 nitrogen and oxygen atoms in total. The SMILES string of the molecule is COc1ccccc1N1CCN(S(=O)(=O)c2cccc(C=CC(=O)O)c2)CC1. The van der Waals surface area contributed by atoms with Crippen molar-refractivity contribution < 1.29 is 23.1 Å². The number of rotatable bonds is 6. The number of carboxylic acids is 1. The number of ether oxygens (including phenoxy) is 1. The Kier molecular flexibility index (Phi) is 6.01. The third-order valence-corrected chi connectivity index (χ3v) is 6.47. The fourth-order valence-electron chi connectivity index (χ4n) is 3.16. The second kappa shape index (κ2) is 8.45. The van der Waals surface area contributed by atoms with Gasteiger partial charge in [0.05, 0.1) is 17.7 Å². The number of methoxy groups -OCH3 is 1. The summed E-state index contributed by atoms with van der Waals surface area (Å²) in [4.78, 5) is 12.9. The summed E-state index contributed by atoms with van der Waals surface area (Å²) >= 11 is 0. The topological polar surface area (TPSA) is 87.2 Å². The van der Waals surface area contributed by atoms with Gasteiger partial charge < -0.3 is 14.7 Å². The van der Waals surface area contributed by atoms with Crippen LogP contribution in [-0.4, -0.2) is 57.1 Å². The number of carboxylic acid groups (broad SMARTS) is 1. The van der Waals surface area contributed by atoms with Gasteiger partial charge in [-0.25, -0.2) is 13.2 Å². The van der Waals surface area contributed by atoms with E-state index in [0.717, 1.165) is 17.5 Å². The summed E-state index contributed by atoms with van der Waals surface area (Å²) in [6.45, 7) is 1.82. The molecule has 0 bridgehead atoms. The second-order valence-electron chi connectivity index (χ2n) is 6.31. The van der Waals surface area contributed by atoms with E-state index in [4.69, 9.17) is 9.84 Å². The second-order valence-corrected chi connectivity index (χ2v) is 8.24. The normalized spacial score (nSPS) is 15.7.